The highest BCUT2D eigenvalue weighted by atomic mass is 16.6. The van der Waals surface area contributed by atoms with E-state index in [0.717, 1.165) is 18.4 Å². The van der Waals surface area contributed by atoms with Gasteiger partial charge in [-0.25, -0.2) is 28.8 Å². The van der Waals surface area contributed by atoms with Gasteiger partial charge in [-0.2, -0.15) is 0 Å². The van der Waals surface area contributed by atoms with Gasteiger partial charge in [-0.3, -0.25) is 77.8 Å². The van der Waals surface area contributed by atoms with Crippen molar-refractivity contribution in [1.82, 2.24) is 63.8 Å². The number of alkyl carbamates (subject to hydrolysis) is 2. The molecule has 145 heavy (non-hydrogen) atoms. The summed E-state index contributed by atoms with van der Waals surface area (Å²) in [5, 5.41) is 31.5. The lowest BCUT2D eigenvalue weighted by Crippen LogP contribution is -2.54. The number of unbranched alkanes of at least 4 members (excludes halogenated alkanes) is 11. The normalized spacial score (nSPS) is 12.7. The lowest BCUT2D eigenvalue weighted by atomic mass is 10.1. The second-order valence-electron chi connectivity index (χ2n) is 37.1. The molecule has 8 atom stereocenters. The van der Waals surface area contributed by atoms with E-state index in [0.29, 0.717) is 82.6 Å². The Labute approximate surface area is 853 Å². The Hall–Kier alpha value is -12.4. The molecular weight excluding hydrogens is 1890 g/mol. The van der Waals surface area contributed by atoms with Gasteiger partial charge in [-0.1, -0.05) is 154 Å². The smallest absolute Gasteiger partial charge is 0.414 e. The number of carbonyl (C=O) groups excluding carboxylic acids is 20. The number of amides is 12. The van der Waals surface area contributed by atoms with Crippen LogP contribution in [0.4, 0.5) is 9.59 Å². The van der Waals surface area contributed by atoms with Gasteiger partial charge >= 0.3 is 59.9 Å². The Morgan fingerprint density at radius 3 is 0.931 bits per heavy atom. The van der Waals surface area contributed by atoms with Crippen molar-refractivity contribution in [2.75, 3.05) is 65.8 Å². The molecule has 12 N–H and O–H groups in total. The number of benzene rings is 2. The molecule has 0 radical (unpaired) electrons. The predicted molar refractivity (Wildman–Crippen MR) is 533 cm³/mol. The van der Waals surface area contributed by atoms with Crippen molar-refractivity contribution >= 4 is 119 Å². The number of hydrogen-bond acceptors (Lipinski definition) is 31. The number of rotatable bonds is 78. The zero-order valence-corrected chi connectivity index (χ0v) is 87.3. The molecule has 0 bridgehead atoms. The summed E-state index contributed by atoms with van der Waals surface area (Å²) in [6.07, 6.45) is 2.56. The minimum absolute atomic E-state index is 0.00178. The van der Waals surface area contributed by atoms with Gasteiger partial charge in [0, 0.05) is 77.4 Å². The molecule has 0 fully saturated rings. The van der Waals surface area contributed by atoms with Crippen molar-refractivity contribution < 1.29 is 143 Å². The quantitative estimate of drug-likeness (QED) is 0.0166. The maximum Gasteiger partial charge on any atom is 0.414 e. The van der Waals surface area contributed by atoms with Crippen LogP contribution in [0, 0.1) is 0 Å². The van der Waals surface area contributed by atoms with Crippen LogP contribution in [0.5, 0.6) is 0 Å². The molecule has 42 heteroatoms. The van der Waals surface area contributed by atoms with Crippen LogP contribution < -0.4 is 63.8 Å². The molecule has 816 valence electrons. The summed E-state index contributed by atoms with van der Waals surface area (Å²) < 4.78 is 53.8. The summed E-state index contributed by atoms with van der Waals surface area (Å²) in [6, 6.07) is 6.53. The van der Waals surface area contributed by atoms with Crippen LogP contribution in [0.15, 0.2) is 60.7 Å². The van der Waals surface area contributed by atoms with Gasteiger partial charge in [0.1, 0.15) is 66.7 Å². The van der Waals surface area contributed by atoms with Crippen LogP contribution in [0.3, 0.4) is 0 Å². The molecule has 0 saturated heterocycles. The molecule has 2 rings (SSSR count). The first-order valence-electron chi connectivity index (χ1n) is 51.4. The summed E-state index contributed by atoms with van der Waals surface area (Å²) in [4.78, 5) is 271. The predicted octanol–water partition coefficient (Wildman–Crippen LogP) is 9.45. The molecule has 0 aliphatic carbocycles. The monoisotopic (exact) mass is 2050 g/mol. The Balaban J connectivity index is 2.51. The van der Waals surface area contributed by atoms with Gasteiger partial charge in [0.25, 0.3) is 0 Å². The lowest BCUT2D eigenvalue weighted by Gasteiger charge is -2.24. The molecule has 0 spiro atoms. The van der Waals surface area contributed by atoms with Crippen LogP contribution in [-0.4, -0.2) is 244 Å². The number of esters is 8. The van der Waals surface area contributed by atoms with E-state index in [9.17, 15) is 95.9 Å². The van der Waals surface area contributed by atoms with Crippen molar-refractivity contribution in [3.63, 3.8) is 0 Å². The Bertz CT molecular complexity index is 4260. The molecule has 42 nitrogen and oxygen atoms in total. The highest BCUT2D eigenvalue weighted by Gasteiger charge is 2.35. The van der Waals surface area contributed by atoms with Crippen LogP contribution in [0.1, 0.15) is 332 Å². The second-order valence-corrected chi connectivity index (χ2v) is 37.1. The van der Waals surface area contributed by atoms with Gasteiger partial charge in [-0.05, 0) is 181 Å². The lowest BCUT2D eigenvalue weighted by molar-refractivity contribution is -0.151. The Morgan fingerprint density at radius 1 is 0.255 bits per heavy atom. The summed E-state index contributed by atoms with van der Waals surface area (Å²) in [5.74, 6) is -13.7. The number of carbonyl (C=O) groups is 20. The van der Waals surface area contributed by atoms with Gasteiger partial charge in [0.05, 0.1) is 52.2 Å². The van der Waals surface area contributed by atoms with Crippen molar-refractivity contribution in [2.45, 2.75) is 393 Å². The molecular formula is C103H164N12O30. The Kier molecular flexibility index (Phi) is 68.4. The van der Waals surface area contributed by atoms with Gasteiger partial charge < -0.3 is 101 Å². The summed E-state index contributed by atoms with van der Waals surface area (Å²) >= 11 is 0. The van der Waals surface area contributed by atoms with E-state index >= 15 is 0 Å². The van der Waals surface area contributed by atoms with Crippen LogP contribution >= 0.6 is 0 Å². The number of imide groups is 1. The SMILES string of the molecule is CCCCOC(=O)CCC(NC(=O)CCC(NC(=O)CCCCCNC(=O)CCC(NC(=O)C(CCCCNC(=O)OC(C)(C)C)NCC(=O)NC(=O)OC(C)(C)C)C(=O)NCCCCCC(=O)NC(CCC(=O)NC(CCC(=O)OCc1ccccc1)C(=O)OCCCC)C(=O)NC(CCC(=O)OCCCC)C(=O)OCCCC)C(=O)NC(CCC(=O)OCc1ccccc1)C(=O)OCCCC)C(=O)OCCCC. The maximum absolute atomic E-state index is 14.6. The number of nitrogens with one attached hydrogen (secondary N) is 12. The highest BCUT2D eigenvalue weighted by molar-refractivity contribution is 5.96. The first-order chi connectivity index (χ1) is 69.2. The molecule has 0 heterocycles. The zero-order chi connectivity index (χ0) is 108. The minimum Gasteiger partial charge on any atom is -0.466 e. The van der Waals surface area contributed by atoms with Gasteiger partial charge in [0.15, 0.2) is 0 Å². The summed E-state index contributed by atoms with van der Waals surface area (Å²) in [5.41, 5.74) is -0.364. The molecule has 2 aromatic rings. The van der Waals surface area contributed by atoms with Crippen LogP contribution in [0.25, 0.3) is 0 Å². The van der Waals surface area contributed by atoms with E-state index in [1.54, 1.807) is 102 Å². The third-order valence-corrected chi connectivity index (χ3v) is 21.7. The fourth-order valence-corrected chi connectivity index (χ4v) is 13.5. The molecule has 8 unspecified atom stereocenters. The zero-order valence-electron chi connectivity index (χ0n) is 87.3. The molecule has 0 saturated carbocycles. The summed E-state index contributed by atoms with van der Waals surface area (Å²) in [7, 11) is 0. The first kappa shape index (κ1) is 129. The second kappa shape index (κ2) is 77.1. The molecule has 2 aromatic carbocycles. The molecule has 0 aromatic heterocycles. The fourth-order valence-electron chi connectivity index (χ4n) is 13.5. The van der Waals surface area contributed by atoms with E-state index < -0.39 is 204 Å². The summed E-state index contributed by atoms with van der Waals surface area (Å²) in [6.45, 7) is 20.9. The first-order valence-corrected chi connectivity index (χ1v) is 51.4. The molecule has 12 amide bonds. The van der Waals surface area contributed by atoms with Gasteiger partial charge in [-0.15, -0.1) is 0 Å². The van der Waals surface area contributed by atoms with Crippen LogP contribution in [-0.2, 0) is 147 Å². The van der Waals surface area contributed by atoms with E-state index in [1.807, 2.05) is 41.5 Å². The van der Waals surface area contributed by atoms with Crippen molar-refractivity contribution in [2.24, 2.45) is 0 Å². The van der Waals surface area contributed by atoms with E-state index in [1.165, 1.54) is 0 Å². The van der Waals surface area contributed by atoms with E-state index in [4.69, 9.17) is 47.4 Å². The number of hydrogen-bond donors (Lipinski definition) is 12. The average Bonchev–Trinajstić information content (AvgIpc) is 0.848. The van der Waals surface area contributed by atoms with E-state index in [2.05, 4.69) is 63.8 Å². The number of ether oxygens (including phenoxy) is 10. The maximum atomic E-state index is 14.6. The standard InChI is InChI=1S/C103H164N12O30/c1-13-19-63-136-88(122)56-49-78(96(130)138-65-21-15-3)110-85(119)54-47-77(95(129)114-81(99(133)141-68-24-18-6)52-59-91(125)143-71-73-41-31-26-32-42-73)108-83(117)44-33-27-36-60-104-82(116)53-46-75(112-93(127)74(43-35-38-62-106-100(134)144-102(7,8)9)107-69-87(121)115-101(135)145-103(10,11)12)92(126)105-61-37-28-34-45-84(118)109-76(94(128)113-80(98(132)140-67-23-17-5)51-57-89(123)137-64-20-14-2)48-55-86(120)111-79(97(131)139-66-22-16-4)50-58-90(124)142-70-72-39-29-25-30-40-72/h25-26,29-32,39-42,74-81,107H,13-24,27-28,33-38,43-71H2,1-12H3,(H,104,116)(H,105,126)(H,106,134)(H,108,117)(H,109,118)(H,110,119)(H,111,120)(H,112,127)(H,113,128)(H,114,129)(H,115,121,135). The van der Waals surface area contributed by atoms with Crippen LogP contribution in [0.2, 0.25) is 0 Å². The third-order valence-electron chi connectivity index (χ3n) is 21.7. The highest BCUT2D eigenvalue weighted by Crippen LogP contribution is 2.18. The molecule has 0 aliphatic rings. The van der Waals surface area contributed by atoms with E-state index in [-0.39, 0.29) is 201 Å². The Morgan fingerprint density at radius 2 is 0.552 bits per heavy atom. The largest absolute Gasteiger partial charge is 0.466 e. The minimum atomic E-state index is -1.52. The fraction of sp³-hybridized carbons (Fsp3) is 0.689. The van der Waals surface area contributed by atoms with Gasteiger partial charge in [0.2, 0.25) is 59.1 Å². The molecule has 0 aliphatic heterocycles. The van der Waals surface area contributed by atoms with Crippen molar-refractivity contribution in [3.8, 4) is 0 Å². The van der Waals surface area contributed by atoms with Crippen molar-refractivity contribution in [1.29, 1.82) is 0 Å². The average molecular weight is 2050 g/mol. The van der Waals surface area contributed by atoms with Crippen molar-refractivity contribution in [3.05, 3.63) is 71.8 Å². The third kappa shape index (κ3) is 65.6. The topological polar surface area (TPSA) is 578 Å².